The van der Waals surface area contributed by atoms with Crippen LogP contribution in [0.2, 0.25) is 0 Å². The van der Waals surface area contributed by atoms with Crippen molar-refractivity contribution in [2.45, 2.75) is 32.9 Å². The lowest BCUT2D eigenvalue weighted by Crippen LogP contribution is -2.01. The number of halogens is 1. The molecule has 2 aromatic carbocycles. The molecule has 0 aromatic heterocycles. The van der Waals surface area contributed by atoms with Crippen LogP contribution in [0.15, 0.2) is 66.3 Å². The molecule has 26 heavy (non-hydrogen) atoms. The van der Waals surface area contributed by atoms with Crippen LogP contribution in [0, 0.1) is 5.82 Å². The number of allylic oxidation sites excluding steroid dienone is 2. The Labute approximate surface area is 161 Å². The zero-order valence-corrected chi connectivity index (χ0v) is 16.7. The zero-order chi connectivity index (χ0) is 18.9. The first-order chi connectivity index (χ1) is 12.5. The molecule has 0 amide bonds. The molecule has 0 fully saturated rings. The van der Waals surface area contributed by atoms with Crippen molar-refractivity contribution in [3.8, 4) is 5.75 Å². The van der Waals surface area contributed by atoms with Gasteiger partial charge in [-0.15, -0.1) is 0 Å². The summed E-state index contributed by atoms with van der Waals surface area (Å²) in [6.45, 7) is 11.1. The molecule has 2 aromatic rings. The molecule has 0 saturated heterocycles. The summed E-state index contributed by atoms with van der Waals surface area (Å²) in [4.78, 5) is 0. The molecule has 0 saturated carbocycles. The maximum Gasteiger partial charge on any atom is 0.123 e. The lowest BCUT2D eigenvalue weighted by Gasteiger charge is -2.15. The molecule has 0 aliphatic rings. The fourth-order valence-corrected chi connectivity index (χ4v) is 3.44. The highest BCUT2D eigenvalue weighted by Crippen LogP contribution is 2.28. The smallest absolute Gasteiger partial charge is 0.123 e. The van der Waals surface area contributed by atoms with Crippen molar-refractivity contribution < 1.29 is 9.13 Å². The Balaban J connectivity index is 1.97. The zero-order valence-electron chi connectivity index (χ0n) is 15.8. The van der Waals surface area contributed by atoms with E-state index >= 15 is 0 Å². The van der Waals surface area contributed by atoms with Crippen LogP contribution in [0.4, 0.5) is 4.39 Å². The number of hydrogen-bond donors (Lipinski definition) is 0. The van der Waals surface area contributed by atoms with Crippen LogP contribution in [0.25, 0.3) is 5.57 Å². The van der Waals surface area contributed by atoms with Gasteiger partial charge >= 0.3 is 0 Å². The van der Waals surface area contributed by atoms with Crippen molar-refractivity contribution >= 4 is 17.3 Å². The molecule has 1 nitrogen and oxygen atoms in total. The number of hydrogen-bond acceptors (Lipinski definition) is 2. The molecule has 0 aliphatic heterocycles. The Morgan fingerprint density at radius 3 is 2.50 bits per heavy atom. The van der Waals surface area contributed by atoms with E-state index in [9.17, 15) is 4.39 Å². The standard InChI is InChI=1S/C23H27FOS/c1-5-26-16-19-7-6-8-22(15-19)25-14-13-18(4)23(17(2)3)20-9-11-21(24)12-10-20/h6-12,15H,4-5,13-14,16H2,1-3H3. The summed E-state index contributed by atoms with van der Waals surface area (Å²) in [5.41, 5.74) is 5.54. The summed E-state index contributed by atoms with van der Waals surface area (Å²) in [6, 6.07) is 14.8. The predicted octanol–water partition coefficient (Wildman–Crippen LogP) is 6.90. The van der Waals surface area contributed by atoms with Crippen LogP contribution in [-0.4, -0.2) is 12.4 Å². The van der Waals surface area contributed by atoms with E-state index in [1.807, 2.05) is 23.9 Å². The molecular formula is C23H27FOS. The van der Waals surface area contributed by atoms with E-state index < -0.39 is 0 Å². The summed E-state index contributed by atoms with van der Waals surface area (Å²) in [6.07, 6.45) is 0.728. The summed E-state index contributed by atoms with van der Waals surface area (Å²) >= 11 is 1.90. The molecule has 0 unspecified atom stereocenters. The van der Waals surface area contributed by atoms with Gasteiger partial charge in [0.25, 0.3) is 0 Å². The van der Waals surface area contributed by atoms with Gasteiger partial charge in [-0.3, -0.25) is 0 Å². The third kappa shape index (κ3) is 6.06. The number of thioether (sulfide) groups is 1. The minimum absolute atomic E-state index is 0.225. The topological polar surface area (TPSA) is 9.23 Å². The summed E-state index contributed by atoms with van der Waals surface area (Å²) < 4.78 is 19.1. The van der Waals surface area contributed by atoms with Crippen LogP contribution in [0.1, 0.15) is 38.3 Å². The molecule has 0 bridgehead atoms. The van der Waals surface area contributed by atoms with Crippen molar-refractivity contribution in [2.24, 2.45) is 0 Å². The van der Waals surface area contributed by atoms with Crippen LogP contribution in [0.3, 0.4) is 0 Å². The highest BCUT2D eigenvalue weighted by Gasteiger charge is 2.09. The first-order valence-electron chi connectivity index (χ1n) is 8.92. The highest BCUT2D eigenvalue weighted by molar-refractivity contribution is 7.98. The third-order valence-corrected chi connectivity index (χ3v) is 4.98. The van der Waals surface area contributed by atoms with Gasteiger partial charge in [0.1, 0.15) is 11.6 Å². The number of ether oxygens (including phenoxy) is 1. The minimum atomic E-state index is -0.225. The lowest BCUT2D eigenvalue weighted by molar-refractivity contribution is 0.323. The normalized spacial score (nSPS) is 10.5. The van der Waals surface area contributed by atoms with Gasteiger partial charge in [0.15, 0.2) is 0 Å². The van der Waals surface area contributed by atoms with E-state index in [2.05, 4.69) is 39.5 Å². The van der Waals surface area contributed by atoms with E-state index in [1.165, 1.54) is 23.3 Å². The average Bonchev–Trinajstić information content (AvgIpc) is 2.62. The minimum Gasteiger partial charge on any atom is -0.493 e. The fourth-order valence-electron chi connectivity index (χ4n) is 2.82. The van der Waals surface area contributed by atoms with E-state index in [-0.39, 0.29) is 5.82 Å². The maximum atomic E-state index is 13.2. The van der Waals surface area contributed by atoms with Gasteiger partial charge in [-0.25, -0.2) is 4.39 Å². The third-order valence-electron chi connectivity index (χ3n) is 4.03. The summed E-state index contributed by atoms with van der Waals surface area (Å²) in [5.74, 6) is 2.79. The Morgan fingerprint density at radius 1 is 1.12 bits per heavy atom. The van der Waals surface area contributed by atoms with Crippen LogP contribution >= 0.6 is 11.8 Å². The largest absolute Gasteiger partial charge is 0.493 e. The molecule has 0 spiro atoms. The Hall–Kier alpha value is -2.00. The SMILES string of the molecule is C=C(CCOc1cccc(CSCC)c1)C(=C(C)C)c1ccc(F)cc1. The second kappa shape index (κ2) is 10.2. The van der Waals surface area contributed by atoms with E-state index in [0.717, 1.165) is 40.4 Å². The van der Waals surface area contributed by atoms with Crippen LogP contribution in [0.5, 0.6) is 5.75 Å². The molecule has 0 radical (unpaired) electrons. The van der Waals surface area contributed by atoms with Gasteiger partial charge in [-0.1, -0.05) is 43.3 Å². The fraction of sp³-hybridized carbons (Fsp3) is 0.304. The molecule has 0 heterocycles. The molecule has 0 aliphatic carbocycles. The van der Waals surface area contributed by atoms with Crippen molar-refractivity contribution in [3.63, 3.8) is 0 Å². The molecule has 138 valence electrons. The first-order valence-corrected chi connectivity index (χ1v) is 10.1. The molecular weight excluding hydrogens is 343 g/mol. The number of rotatable bonds is 9. The van der Waals surface area contributed by atoms with E-state index in [0.29, 0.717) is 6.61 Å². The van der Waals surface area contributed by atoms with E-state index in [4.69, 9.17) is 4.74 Å². The Kier molecular flexibility index (Phi) is 7.99. The Bertz CT molecular complexity index is 758. The van der Waals surface area contributed by atoms with Crippen LogP contribution < -0.4 is 4.74 Å². The van der Waals surface area contributed by atoms with Gasteiger partial charge in [-0.2, -0.15) is 11.8 Å². The maximum absolute atomic E-state index is 13.2. The van der Waals surface area contributed by atoms with Crippen molar-refractivity contribution in [1.29, 1.82) is 0 Å². The lowest BCUT2D eigenvalue weighted by atomic mass is 9.93. The second-order valence-electron chi connectivity index (χ2n) is 6.37. The van der Waals surface area contributed by atoms with Gasteiger partial charge in [0, 0.05) is 12.2 Å². The molecule has 0 atom stereocenters. The molecule has 3 heteroatoms. The quantitative estimate of drug-likeness (QED) is 0.444. The van der Waals surface area contributed by atoms with Gasteiger partial charge < -0.3 is 4.74 Å². The number of benzene rings is 2. The van der Waals surface area contributed by atoms with E-state index in [1.54, 1.807) is 12.1 Å². The first kappa shape index (κ1) is 20.3. The monoisotopic (exact) mass is 370 g/mol. The van der Waals surface area contributed by atoms with Crippen molar-refractivity contribution in [2.75, 3.05) is 12.4 Å². The van der Waals surface area contributed by atoms with Crippen molar-refractivity contribution in [1.82, 2.24) is 0 Å². The summed E-state index contributed by atoms with van der Waals surface area (Å²) in [7, 11) is 0. The van der Waals surface area contributed by atoms with Gasteiger partial charge in [0.05, 0.1) is 6.61 Å². The molecule has 2 rings (SSSR count). The summed E-state index contributed by atoms with van der Waals surface area (Å²) in [5, 5.41) is 0. The average molecular weight is 371 g/mol. The predicted molar refractivity (Wildman–Crippen MR) is 112 cm³/mol. The second-order valence-corrected chi connectivity index (χ2v) is 7.64. The highest BCUT2D eigenvalue weighted by atomic mass is 32.2. The Morgan fingerprint density at radius 2 is 1.85 bits per heavy atom. The van der Waals surface area contributed by atoms with Crippen molar-refractivity contribution in [3.05, 3.63) is 83.2 Å². The van der Waals surface area contributed by atoms with Crippen LogP contribution in [-0.2, 0) is 5.75 Å². The van der Waals surface area contributed by atoms with Gasteiger partial charge in [-0.05, 0) is 66.1 Å². The molecule has 0 N–H and O–H groups in total. The van der Waals surface area contributed by atoms with Gasteiger partial charge in [0.2, 0.25) is 0 Å².